The molecule has 2 heterocycles. The Balaban J connectivity index is 1.44. The Morgan fingerprint density at radius 2 is 1.46 bits per heavy atom. The Kier molecular flexibility index (Phi) is 10.1. The van der Waals surface area contributed by atoms with E-state index in [1.807, 2.05) is 60.7 Å². The minimum absolute atomic E-state index is 0.00607. The van der Waals surface area contributed by atoms with Gasteiger partial charge in [0.25, 0.3) is 0 Å². The SMILES string of the molecule is O=C(CC(Cc1ccccc1)NC(=O)[C@@H]1CCCN1)NC(CC(=O)N1CCC[C@H]1C(=O)O)Cc1ccccc1. The number of hydrogen-bond donors (Lipinski definition) is 4. The predicted molar refractivity (Wildman–Crippen MR) is 147 cm³/mol. The molecule has 9 nitrogen and oxygen atoms in total. The van der Waals surface area contributed by atoms with Crippen molar-refractivity contribution in [3.63, 3.8) is 0 Å². The van der Waals surface area contributed by atoms with E-state index in [0.29, 0.717) is 32.2 Å². The van der Waals surface area contributed by atoms with Crippen LogP contribution >= 0.6 is 0 Å². The summed E-state index contributed by atoms with van der Waals surface area (Å²) in [4.78, 5) is 52.4. The standard InChI is InChI=1S/C30H38N4O5/c35-27(19-23(17-21-9-3-1-4-10-21)33-29(37)25-13-7-15-31-25)32-24(18-22-11-5-2-6-12-22)20-28(36)34-16-8-14-26(34)30(38)39/h1-6,9-12,23-26,31H,7-8,13-20H2,(H,32,35)(H,33,37)(H,38,39)/t23?,24?,25-,26-/m0/s1. The van der Waals surface area contributed by atoms with Gasteiger partial charge in [-0.25, -0.2) is 4.79 Å². The normalized spacial score (nSPS) is 20.3. The number of aliphatic carboxylic acids is 1. The highest BCUT2D eigenvalue weighted by molar-refractivity contribution is 5.86. The minimum atomic E-state index is -0.999. The summed E-state index contributed by atoms with van der Waals surface area (Å²) in [7, 11) is 0. The maximum absolute atomic E-state index is 13.3. The van der Waals surface area contributed by atoms with E-state index >= 15 is 0 Å². The molecule has 3 amide bonds. The number of carboxylic acid groups (broad SMARTS) is 1. The average molecular weight is 535 g/mol. The second-order valence-electron chi connectivity index (χ2n) is 10.5. The minimum Gasteiger partial charge on any atom is -0.480 e. The summed E-state index contributed by atoms with van der Waals surface area (Å²) in [5.41, 5.74) is 1.98. The smallest absolute Gasteiger partial charge is 0.326 e. The Morgan fingerprint density at radius 3 is 2.03 bits per heavy atom. The maximum Gasteiger partial charge on any atom is 0.326 e. The van der Waals surface area contributed by atoms with Crippen molar-refractivity contribution in [1.82, 2.24) is 20.9 Å². The van der Waals surface area contributed by atoms with E-state index in [9.17, 15) is 24.3 Å². The molecule has 4 N–H and O–H groups in total. The molecule has 9 heteroatoms. The second-order valence-corrected chi connectivity index (χ2v) is 10.5. The molecule has 2 aliphatic rings. The highest BCUT2D eigenvalue weighted by atomic mass is 16.4. The van der Waals surface area contributed by atoms with Crippen molar-refractivity contribution in [2.45, 2.75) is 75.5 Å². The van der Waals surface area contributed by atoms with Crippen molar-refractivity contribution < 1.29 is 24.3 Å². The molecule has 0 spiro atoms. The molecular formula is C30H38N4O5. The molecule has 2 saturated heterocycles. The number of hydrogen-bond acceptors (Lipinski definition) is 5. The fourth-order valence-electron chi connectivity index (χ4n) is 5.52. The zero-order valence-corrected chi connectivity index (χ0v) is 22.2. The Labute approximate surface area is 229 Å². The molecule has 4 atom stereocenters. The largest absolute Gasteiger partial charge is 0.480 e. The Hall–Kier alpha value is -3.72. The van der Waals surface area contributed by atoms with E-state index in [0.717, 1.165) is 30.5 Å². The molecule has 208 valence electrons. The monoisotopic (exact) mass is 534 g/mol. The van der Waals surface area contributed by atoms with Crippen LogP contribution in [0.15, 0.2) is 60.7 Å². The third-order valence-corrected chi connectivity index (χ3v) is 7.45. The van der Waals surface area contributed by atoms with Gasteiger partial charge in [0.15, 0.2) is 0 Å². The van der Waals surface area contributed by atoms with Crippen LogP contribution in [0.25, 0.3) is 0 Å². The van der Waals surface area contributed by atoms with E-state index < -0.39 is 24.1 Å². The van der Waals surface area contributed by atoms with Gasteiger partial charge in [-0.15, -0.1) is 0 Å². The first-order valence-electron chi connectivity index (χ1n) is 13.8. The molecule has 2 aliphatic heterocycles. The van der Waals surface area contributed by atoms with Crippen molar-refractivity contribution in [2.75, 3.05) is 13.1 Å². The Morgan fingerprint density at radius 1 is 0.846 bits per heavy atom. The molecular weight excluding hydrogens is 496 g/mol. The third kappa shape index (κ3) is 8.38. The van der Waals surface area contributed by atoms with E-state index in [1.54, 1.807) is 0 Å². The topological polar surface area (TPSA) is 128 Å². The molecule has 0 bridgehead atoms. The summed E-state index contributed by atoms with van der Waals surface area (Å²) in [5, 5.41) is 18.8. The number of benzene rings is 2. The van der Waals surface area contributed by atoms with Gasteiger partial charge in [-0.2, -0.15) is 0 Å². The molecule has 2 aromatic carbocycles. The van der Waals surface area contributed by atoms with Crippen LogP contribution in [0.2, 0.25) is 0 Å². The van der Waals surface area contributed by atoms with Crippen LogP contribution in [0.1, 0.15) is 49.7 Å². The lowest BCUT2D eigenvalue weighted by atomic mass is 10.00. The van der Waals surface area contributed by atoms with Crippen LogP contribution in [-0.4, -0.2) is 71.0 Å². The summed E-state index contributed by atoms with van der Waals surface area (Å²) in [6.45, 7) is 1.21. The summed E-state index contributed by atoms with van der Waals surface area (Å²) in [5.74, 6) is -1.64. The van der Waals surface area contributed by atoms with Gasteiger partial charge in [-0.1, -0.05) is 60.7 Å². The van der Waals surface area contributed by atoms with Gasteiger partial charge in [0.2, 0.25) is 17.7 Å². The van der Waals surface area contributed by atoms with Crippen molar-refractivity contribution >= 4 is 23.7 Å². The summed E-state index contributed by atoms with van der Waals surface area (Å²) >= 11 is 0. The number of likely N-dealkylation sites (tertiary alicyclic amines) is 1. The molecule has 0 aromatic heterocycles. The van der Waals surface area contributed by atoms with E-state index in [4.69, 9.17) is 0 Å². The number of carbonyl (C=O) groups excluding carboxylic acids is 3. The average Bonchev–Trinajstić information content (AvgIpc) is 3.63. The van der Waals surface area contributed by atoms with Gasteiger partial charge in [-0.3, -0.25) is 14.4 Å². The number of rotatable bonds is 12. The first kappa shape index (κ1) is 28.3. The maximum atomic E-state index is 13.3. The number of amides is 3. The fraction of sp³-hybridized carbons (Fsp3) is 0.467. The van der Waals surface area contributed by atoms with Crippen molar-refractivity contribution in [2.24, 2.45) is 0 Å². The molecule has 39 heavy (non-hydrogen) atoms. The first-order valence-corrected chi connectivity index (χ1v) is 13.8. The summed E-state index contributed by atoms with van der Waals surface area (Å²) < 4.78 is 0. The number of nitrogens with zero attached hydrogens (tertiary/aromatic N) is 1. The molecule has 2 unspecified atom stereocenters. The zero-order chi connectivity index (χ0) is 27.6. The molecule has 0 radical (unpaired) electrons. The van der Waals surface area contributed by atoms with E-state index in [2.05, 4.69) is 16.0 Å². The molecule has 0 aliphatic carbocycles. The lowest BCUT2D eigenvalue weighted by molar-refractivity contribution is -0.148. The molecule has 4 rings (SSSR count). The van der Waals surface area contributed by atoms with Crippen LogP contribution in [0, 0.1) is 0 Å². The van der Waals surface area contributed by atoms with Crippen LogP contribution in [0.5, 0.6) is 0 Å². The first-order chi connectivity index (χ1) is 18.9. The second kappa shape index (κ2) is 13.9. The van der Waals surface area contributed by atoms with Crippen molar-refractivity contribution in [3.05, 3.63) is 71.8 Å². The summed E-state index contributed by atoms with van der Waals surface area (Å²) in [6.07, 6.45) is 3.81. The lowest BCUT2D eigenvalue weighted by Crippen LogP contribution is -2.49. The summed E-state index contributed by atoms with van der Waals surface area (Å²) in [6, 6.07) is 17.3. The molecule has 2 fully saturated rings. The number of carboxylic acids is 1. The molecule has 2 aromatic rings. The van der Waals surface area contributed by atoms with Gasteiger partial charge in [0.1, 0.15) is 6.04 Å². The molecule has 0 saturated carbocycles. The number of carbonyl (C=O) groups is 4. The van der Waals surface area contributed by atoms with Gasteiger partial charge < -0.3 is 26.0 Å². The van der Waals surface area contributed by atoms with E-state index in [1.165, 1.54) is 4.90 Å². The Bertz CT molecular complexity index is 1120. The van der Waals surface area contributed by atoms with Gasteiger partial charge in [0, 0.05) is 31.5 Å². The van der Waals surface area contributed by atoms with Crippen molar-refractivity contribution in [1.29, 1.82) is 0 Å². The zero-order valence-electron chi connectivity index (χ0n) is 22.2. The van der Waals surface area contributed by atoms with Crippen molar-refractivity contribution in [3.8, 4) is 0 Å². The lowest BCUT2D eigenvalue weighted by Gasteiger charge is -2.26. The number of nitrogens with one attached hydrogen (secondary N) is 3. The quantitative estimate of drug-likeness (QED) is 0.330. The third-order valence-electron chi connectivity index (χ3n) is 7.45. The van der Waals surface area contributed by atoms with Crippen LogP contribution in [-0.2, 0) is 32.0 Å². The fourth-order valence-corrected chi connectivity index (χ4v) is 5.52. The van der Waals surface area contributed by atoms with E-state index in [-0.39, 0.29) is 36.6 Å². The van der Waals surface area contributed by atoms with Crippen LogP contribution < -0.4 is 16.0 Å². The highest BCUT2D eigenvalue weighted by Crippen LogP contribution is 2.20. The highest BCUT2D eigenvalue weighted by Gasteiger charge is 2.35. The van der Waals surface area contributed by atoms with Gasteiger partial charge in [0.05, 0.1) is 6.04 Å². The van der Waals surface area contributed by atoms with Gasteiger partial charge in [-0.05, 0) is 56.2 Å². The van der Waals surface area contributed by atoms with Gasteiger partial charge >= 0.3 is 5.97 Å². The van der Waals surface area contributed by atoms with Crippen LogP contribution in [0.4, 0.5) is 0 Å². The van der Waals surface area contributed by atoms with Crippen LogP contribution in [0.3, 0.4) is 0 Å². The predicted octanol–water partition coefficient (Wildman–Crippen LogP) is 2.05.